The predicted molar refractivity (Wildman–Crippen MR) is 111 cm³/mol. The van der Waals surface area contributed by atoms with E-state index in [9.17, 15) is 9.59 Å². The number of pyridine rings is 1. The first-order valence-electron chi connectivity index (χ1n) is 8.58. The molecule has 1 heterocycles. The molecule has 0 radical (unpaired) electrons. The van der Waals surface area contributed by atoms with E-state index in [1.165, 1.54) is 0 Å². The number of carbonyl (C=O) groups excluding carboxylic acids is 2. The van der Waals surface area contributed by atoms with Crippen LogP contribution in [-0.2, 0) is 22.6 Å². The van der Waals surface area contributed by atoms with Crippen molar-refractivity contribution in [3.63, 3.8) is 0 Å². The van der Waals surface area contributed by atoms with Crippen LogP contribution in [-0.4, -0.2) is 29.4 Å². The van der Waals surface area contributed by atoms with Gasteiger partial charge in [-0.1, -0.05) is 35.3 Å². The minimum atomic E-state index is -1.27. The van der Waals surface area contributed by atoms with Crippen molar-refractivity contribution in [2.75, 3.05) is 12.8 Å². The molecule has 0 fully saturated rings. The van der Waals surface area contributed by atoms with Gasteiger partial charge in [0.2, 0.25) is 11.8 Å². The van der Waals surface area contributed by atoms with Gasteiger partial charge in [-0.3, -0.25) is 9.59 Å². The second-order valence-electron chi connectivity index (χ2n) is 6.63. The van der Waals surface area contributed by atoms with E-state index in [1.54, 1.807) is 50.5 Å². The Labute approximate surface area is 173 Å². The second-order valence-corrected chi connectivity index (χ2v) is 7.45. The molecule has 0 saturated heterocycles. The van der Waals surface area contributed by atoms with E-state index < -0.39 is 17.4 Å². The van der Waals surface area contributed by atoms with Crippen LogP contribution >= 0.6 is 23.2 Å². The predicted octanol–water partition coefficient (Wildman–Crippen LogP) is 1.91. The van der Waals surface area contributed by atoms with Gasteiger partial charge in [-0.15, -0.1) is 0 Å². The van der Waals surface area contributed by atoms with Gasteiger partial charge in [0.1, 0.15) is 11.4 Å². The fourth-order valence-corrected chi connectivity index (χ4v) is 3.10. The highest BCUT2D eigenvalue weighted by molar-refractivity contribution is 6.42. The summed E-state index contributed by atoms with van der Waals surface area (Å²) in [5, 5.41) is 6.50. The van der Waals surface area contributed by atoms with Crippen LogP contribution in [0, 0.1) is 5.92 Å². The number of hydrogen-bond acceptors (Lipinski definition) is 5. The van der Waals surface area contributed by atoms with Gasteiger partial charge in [0, 0.05) is 12.7 Å². The number of likely N-dealkylation sites (N-methyl/N-ethyl adjacent to an activating group) is 1. The largest absolute Gasteiger partial charge is 0.384 e. The summed E-state index contributed by atoms with van der Waals surface area (Å²) in [6, 6.07) is 8.49. The van der Waals surface area contributed by atoms with Crippen LogP contribution in [0.25, 0.3) is 0 Å². The van der Waals surface area contributed by atoms with Crippen molar-refractivity contribution < 1.29 is 9.59 Å². The molecule has 2 rings (SSSR count). The Bertz CT molecular complexity index is 860. The maximum atomic E-state index is 13.0. The van der Waals surface area contributed by atoms with Gasteiger partial charge in [-0.05, 0) is 49.7 Å². The highest BCUT2D eigenvalue weighted by atomic mass is 35.5. The fraction of sp³-hybridized carbons (Fsp3) is 0.316. The molecule has 0 spiro atoms. The lowest BCUT2D eigenvalue weighted by Gasteiger charge is -2.34. The third-order valence-corrected chi connectivity index (χ3v) is 5.52. The van der Waals surface area contributed by atoms with Crippen molar-refractivity contribution in [2.24, 2.45) is 11.7 Å². The van der Waals surface area contributed by atoms with Crippen molar-refractivity contribution in [2.45, 2.75) is 25.4 Å². The number of nitrogens with two attached hydrogens (primary N) is 2. The van der Waals surface area contributed by atoms with E-state index in [4.69, 9.17) is 34.7 Å². The first-order chi connectivity index (χ1) is 13.2. The molecule has 2 aromatic rings. The minimum Gasteiger partial charge on any atom is -0.384 e. The number of aromatic nitrogens is 1. The fourth-order valence-electron chi connectivity index (χ4n) is 2.78. The Morgan fingerprint density at radius 3 is 2.39 bits per heavy atom. The summed E-state index contributed by atoms with van der Waals surface area (Å²) < 4.78 is 0. The molecule has 0 bridgehead atoms. The number of benzene rings is 1. The lowest BCUT2D eigenvalue weighted by Crippen LogP contribution is -2.61. The highest BCUT2D eigenvalue weighted by Gasteiger charge is 2.42. The molecule has 150 valence electrons. The summed E-state index contributed by atoms with van der Waals surface area (Å²) in [7, 11) is 1.59. The molecule has 0 aliphatic rings. The zero-order valence-electron chi connectivity index (χ0n) is 15.6. The molecular formula is C19H23Cl2N5O2. The number of nitrogen functional groups attached to an aromatic ring is 1. The summed E-state index contributed by atoms with van der Waals surface area (Å²) in [5.74, 6) is -1.36. The average Bonchev–Trinajstić information content (AvgIpc) is 2.67. The molecule has 0 aliphatic heterocycles. The number of halogens is 2. The quantitative estimate of drug-likeness (QED) is 0.516. The molecule has 7 nitrogen and oxygen atoms in total. The molecule has 9 heteroatoms. The summed E-state index contributed by atoms with van der Waals surface area (Å²) >= 11 is 12.0. The number of rotatable bonds is 8. The van der Waals surface area contributed by atoms with E-state index >= 15 is 0 Å². The van der Waals surface area contributed by atoms with Gasteiger partial charge in [-0.2, -0.15) is 0 Å². The minimum absolute atomic E-state index is 0.239. The van der Waals surface area contributed by atoms with E-state index in [1.807, 2.05) is 0 Å². The smallest absolute Gasteiger partial charge is 0.238 e. The molecule has 2 atom stereocenters. The standard InChI is InChI=1S/C19H23Cl2N5O2/c1-19(24-2,18(23)28)13(7-11-3-5-14(20)15(21)8-11)17(27)26-10-12-4-6-16(22)25-9-12/h3-6,8-9,13,24H,7,10H2,1-2H3,(H2,22,25)(H2,23,28)(H,26,27)/t13-,19?/m1/s1. The van der Waals surface area contributed by atoms with Gasteiger partial charge in [0.15, 0.2) is 0 Å². The van der Waals surface area contributed by atoms with Crippen LogP contribution in [0.5, 0.6) is 0 Å². The van der Waals surface area contributed by atoms with Crippen LogP contribution in [0.1, 0.15) is 18.1 Å². The lowest BCUT2D eigenvalue weighted by atomic mass is 9.80. The van der Waals surface area contributed by atoms with Gasteiger partial charge < -0.3 is 22.1 Å². The Morgan fingerprint density at radius 2 is 1.86 bits per heavy atom. The van der Waals surface area contributed by atoms with Crippen molar-refractivity contribution in [3.8, 4) is 0 Å². The van der Waals surface area contributed by atoms with E-state index in [0.717, 1.165) is 11.1 Å². The zero-order chi connectivity index (χ0) is 20.9. The Morgan fingerprint density at radius 1 is 1.18 bits per heavy atom. The third-order valence-electron chi connectivity index (χ3n) is 4.78. The van der Waals surface area contributed by atoms with Crippen molar-refractivity contribution >= 4 is 40.8 Å². The SMILES string of the molecule is CNC(C)(C(N)=O)[C@H](Cc1ccc(Cl)c(Cl)c1)C(=O)NCc1ccc(N)nc1. The van der Waals surface area contributed by atoms with Crippen LogP contribution in [0.3, 0.4) is 0 Å². The number of anilines is 1. The van der Waals surface area contributed by atoms with Crippen LogP contribution in [0.4, 0.5) is 5.82 Å². The molecule has 0 aliphatic carbocycles. The highest BCUT2D eigenvalue weighted by Crippen LogP contribution is 2.27. The van der Waals surface area contributed by atoms with E-state index in [0.29, 0.717) is 15.9 Å². The lowest BCUT2D eigenvalue weighted by molar-refractivity contribution is -0.135. The molecule has 1 aromatic carbocycles. The summed E-state index contributed by atoms with van der Waals surface area (Å²) in [4.78, 5) is 29.1. The monoisotopic (exact) mass is 423 g/mol. The molecule has 28 heavy (non-hydrogen) atoms. The Hall–Kier alpha value is -2.35. The topological polar surface area (TPSA) is 123 Å². The van der Waals surface area contributed by atoms with Gasteiger partial charge in [-0.25, -0.2) is 4.98 Å². The van der Waals surface area contributed by atoms with Crippen molar-refractivity contribution in [1.29, 1.82) is 0 Å². The summed E-state index contributed by atoms with van der Waals surface area (Å²) in [6.45, 7) is 1.84. The summed E-state index contributed by atoms with van der Waals surface area (Å²) in [5.41, 5.74) is 11.4. The van der Waals surface area contributed by atoms with Crippen molar-refractivity contribution in [3.05, 3.63) is 57.7 Å². The van der Waals surface area contributed by atoms with Crippen LogP contribution in [0.2, 0.25) is 10.0 Å². The maximum absolute atomic E-state index is 13.0. The molecule has 6 N–H and O–H groups in total. The number of nitrogens with zero attached hydrogens (tertiary/aromatic N) is 1. The maximum Gasteiger partial charge on any atom is 0.238 e. The van der Waals surface area contributed by atoms with Crippen molar-refractivity contribution in [1.82, 2.24) is 15.6 Å². The number of hydrogen-bond donors (Lipinski definition) is 4. The molecular weight excluding hydrogens is 401 g/mol. The van der Waals surface area contributed by atoms with Gasteiger partial charge >= 0.3 is 0 Å². The number of nitrogens with one attached hydrogen (secondary N) is 2. The molecule has 2 amide bonds. The number of primary amides is 1. The van der Waals surface area contributed by atoms with Gasteiger partial charge in [0.25, 0.3) is 0 Å². The second kappa shape index (κ2) is 9.23. The Balaban J connectivity index is 2.25. The first kappa shape index (κ1) is 21.9. The number of carbonyl (C=O) groups is 2. The molecule has 1 unspecified atom stereocenters. The zero-order valence-corrected chi connectivity index (χ0v) is 17.1. The molecule has 0 saturated carbocycles. The Kier molecular flexibility index (Phi) is 7.23. The van der Waals surface area contributed by atoms with E-state index in [-0.39, 0.29) is 18.9 Å². The van der Waals surface area contributed by atoms with Crippen LogP contribution < -0.4 is 22.1 Å². The average molecular weight is 424 g/mol. The molecule has 1 aromatic heterocycles. The van der Waals surface area contributed by atoms with E-state index in [2.05, 4.69) is 15.6 Å². The third kappa shape index (κ3) is 5.13. The summed E-state index contributed by atoms with van der Waals surface area (Å²) in [6.07, 6.45) is 1.82. The number of amides is 2. The van der Waals surface area contributed by atoms with Gasteiger partial charge in [0.05, 0.1) is 16.0 Å². The first-order valence-corrected chi connectivity index (χ1v) is 9.33. The van der Waals surface area contributed by atoms with Crippen LogP contribution in [0.15, 0.2) is 36.5 Å². The normalized spacial score (nSPS) is 14.1.